The molecule has 0 heterocycles. The number of allylic oxidation sites excluding steroid dienone is 5. The third kappa shape index (κ3) is 8.49. The highest BCUT2D eigenvalue weighted by Crippen LogP contribution is 2.24. The Kier molecular flexibility index (Phi) is 9.71. The van der Waals surface area contributed by atoms with Crippen LogP contribution in [-0.2, 0) is 21.4 Å². The maximum absolute atomic E-state index is 12.7. The Hall–Kier alpha value is -3.37. The van der Waals surface area contributed by atoms with Crippen LogP contribution >= 0.6 is 0 Å². The number of benzene rings is 1. The Morgan fingerprint density at radius 2 is 2.00 bits per heavy atom. The summed E-state index contributed by atoms with van der Waals surface area (Å²) in [5, 5.41) is 28.8. The molecule has 168 valence electrons. The lowest BCUT2D eigenvalue weighted by molar-refractivity contribution is -0.121. The third-order valence-electron chi connectivity index (χ3n) is 4.26. The summed E-state index contributed by atoms with van der Waals surface area (Å²) in [5.74, 6) is -0.898. The van der Waals surface area contributed by atoms with E-state index in [0.717, 1.165) is 11.8 Å². The summed E-state index contributed by atoms with van der Waals surface area (Å²) in [5.41, 5.74) is 3.44. The number of aryl methyl sites for hydroxylation is 1. The van der Waals surface area contributed by atoms with Gasteiger partial charge in [0, 0.05) is 5.70 Å². The van der Waals surface area contributed by atoms with Gasteiger partial charge in [0.15, 0.2) is 0 Å². The summed E-state index contributed by atoms with van der Waals surface area (Å²) < 4.78 is 24.6. The zero-order valence-electron chi connectivity index (χ0n) is 17.7. The second-order valence-corrected chi connectivity index (χ2v) is 7.90. The molecule has 31 heavy (non-hydrogen) atoms. The van der Waals surface area contributed by atoms with Gasteiger partial charge >= 0.3 is 0 Å². The first-order valence-corrected chi connectivity index (χ1v) is 10.9. The van der Waals surface area contributed by atoms with E-state index in [-0.39, 0.29) is 5.70 Å². The fraction of sp³-hybridized carbons (Fsp3) is 0.238. The van der Waals surface area contributed by atoms with Crippen LogP contribution in [0.2, 0.25) is 0 Å². The lowest BCUT2D eigenvalue weighted by Crippen LogP contribution is -2.43. The maximum Gasteiger partial charge on any atom is 0.298 e. The summed E-state index contributed by atoms with van der Waals surface area (Å²) in [6.45, 7) is 9.21. The standard InChI is InChI=1S/C21H28N4O5S/c1-5-16(12-23-28)8-7-15(4)24-20(21(27)25-31(22,29)30)19-10-17(6-2)9-18(11-19)14(3)13-26/h5,7-13,20,24,26,28H,4,6H2,1-3H3,(H,25,27)(H2,22,29,30)/b8-7-,14-13-,16-5+,23-12-. The SMILES string of the molecule is C=C(\C=C/C(/C=N\O)=C\C)NC(C(=O)NS(N)(=O)=O)c1cc(CC)cc(/C(C)=C\O)c1. The van der Waals surface area contributed by atoms with Crippen molar-refractivity contribution in [3.05, 3.63) is 77.2 Å². The van der Waals surface area contributed by atoms with Crippen LogP contribution in [0.25, 0.3) is 5.57 Å². The average molecular weight is 449 g/mol. The number of aliphatic hydroxyl groups excluding tert-OH is 1. The van der Waals surface area contributed by atoms with Crippen molar-refractivity contribution >= 4 is 27.9 Å². The van der Waals surface area contributed by atoms with E-state index < -0.39 is 22.2 Å². The normalized spacial score (nSPS) is 14.1. The topological polar surface area (TPSA) is 154 Å². The van der Waals surface area contributed by atoms with Gasteiger partial charge in [0.2, 0.25) is 0 Å². The molecule has 1 atom stereocenters. The molecule has 0 aliphatic carbocycles. The summed E-state index contributed by atoms with van der Waals surface area (Å²) in [6.07, 6.45) is 7.64. The molecule has 0 radical (unpaired) electrons. The highest BCUT2D eigenvalue weighted by Gasteiger charge is 2.24. The number of oxime groups is 1. The van der Waals surface area contributed by atoms with E-state index in [1.165, 1.54) is 12.3 Å². The molecular weight excluding hydrogens is 420 g/mol. The lowest BCUT2D eigenvalue weighted by Gasteiger charge is -2.21. The van der Waals surface area contributed by atoms with E-state index in [1.54, 1.807) is 42.9 Å². The summed E-state index contributed by atoms with van der Waals surface area (Å²) in [6, 6.07) is 4.13. The minimum Gasteiger partial charge on any atom is -0.515 e. The van der Waals surface area contributed by atoms with Crippen molar-refractivity contribution < 1.29 is 23.5 Å². The predicted octanol–water partition coefficient (Wildman–Crippen LogP) is 2.59. The van der Waals surface area contributed by atoms with Crippen molar-refractivity contribution in [2.75, 3.05) is 0 Å². The smallest absolute Gasteiger partial charge is 0.298 e. The largest absolute Gasteiger partial charge is 0.515 e. The van der Waals surface area contributed by atoms with Crippen molar-refractivity contribution in [2.24, 2.45) is 10.3 Å². The van der Waals surface area contributed by atoms with E-state index in [2.05, 4.69) is 17.1 Å². The number of hydrogen-bond acceptors (Lipinski definition) is 7. The zero-order valence-corrected chi connectivity index (χ0v) is 18.5. The van der Waals surface area contributed by atoms with Gasteiger partial charge in [0.05, 0.1) is 12.5 Å². The quantitative estimate of drug-likeness (QED) is 0.122. The Bertz CT molecular complexity index is 1040. The van der Waals surface area contributed by atoms with Crippen LogP contribution in [0.5, 0.6) is 0 Å². The van der Waals surface area contributed by atoms with Crippen LogP contribution in [0, 0.1) is 0 Å². The van der Waals surface area contributed by atoms with Crippen LogP contribution in [0.1, 0.15) is 43.5 Å². The number of nitrogens with one attached hydrogen (secondary N) is 2. The first kappa shape index (κ1) is 25.7. The van der Waals surface area contributed by atoms with Gasteiger partial charge < -0.3 is 15.6 Å². The lowest BCUT2D eigenvalue weighted by atomic mass is 9.96. The molecule has 6 N–H and O–H groups in total. The molecular formula is C21H28N4O5S. The molecule has 0 aromatic heterocycles. The van der Waals surface area contributed by atoms with Crippen LogP contribution in [0.3, 0.4) is 0 Å². The highest BCUT2D eigenvalue weighted by molar-refractivity contribution is 7.87. The molecule has 1 amide bonds. The van der Waals surface area contributed by atoms with Gasteiger partial charge in [0.25, 0.3) is 16.1 Å². The Morgan fingerprint density at radius 3 is 2.52 bits per heavy atom. The average Bonchev–Trinajstić information content (AvgIpc) is 2.72. The van der Waals surface area contributed by atoms with Gasteiger partial charge in [-0.3, -0.25) is 4.79 Å². The molecule has 0 aliphatic heterocycles. The first-order chi connectivity index (χ1) is 14.5. The summed E-state index contributed by atoms with van der Waals surface area (Å²) in [7, 11) is -4.29. The molecule has 0 saturated heterocycles. The number of aliphatic hydroxyl groups is 1. The van der Waals surface area contributed by atoms with Crippen LogP contribution in [0.4, 0.5) is 0 Å². The first-order valence-electron chi connectivity index (χ1n) is 9.31. The van der Waals surface area contributed by atoms with E-state index in [0.29, 0.717) is 28.7 Å². The van der Waals surface area contributed by atoms with Crippen molar-refractivity contribution in [1.82, 2.24) is 10.0 Å². The third-order valence-corrected chi connectivity index (χ3v) is 4.74. The maximum atomic E-state index is 12.7. The number of nitrogens with zero attached hydrogens (tertiary/aromatic N) is 1. The summed E-state index contributed by atoms with van der Waals surface area (Å²) >= 11 is 0. The molecule has 1 aromatic rings. The van der Waals surface area contributed by atoms with Gasteiger partial charge in [-0.05, 0) is 60.2 Å². The molecule has 1 unspecified atom stereocenters. The van der Waals surface area contributed by atoms with E-state index >= 15 is 0 Å². The number of carbonyl (C=O) groups excluding carboxylic acids is 1. The second-order valence-electron chi connectivity index (χ2n) is 6.61. The van der Waals surface area contributed by atoms with Crippen LogP contribution in [-0.4, -0.2) is 30.9 Å². The van der Waals surface area contributed by atoms with E-state index in [9.17, 15) is 18.3 Å². The number of carbonyl (C=O) groups is 1. The van der Waals surface area contributed by atoms with Gasteiger partial charge in [-0.2, -0.15) is 8.42 Å². The van der Waals surface area contributed by atoms with Crippen molar-refractivity contribution in [2.45, 2.75) is 33.2 Å². The Balaban J connectivity index is 3.41. The molecule has 0 fully saturated rings. The van der Waals surface area contributed by atoms with Crippen molar-refractivity contribution in [1.29, 1.82) is 0 Å². The molecule has 0 saturated carbocycles. The minimum absolute atomic E-state index is 0.290. The molecule has 1 rings (SSSR count). The highest BCUT2D eigenvalue weighted by atomic mass is 32.2. The fourth-order valence-electron chi connectivity index (χ4n) is 2.60. The van der Waals surface area contributed by atoms with E-state index in [4.69, 9.17) is 10.3 Å². The Morgan fingerprint density at radius 1 is 1.32 bits per heavy atom. The number of amides is 1. The Labute approximate surface area is 182 Å². The molecule has 0 spiro atoms. The summed E-state index contributed by atoms with van der Waals surface area (Å²) in [4.78, 5) is 12.7. The van der Waals surface area contributed by atoms with Crippen molar-refractivity contribution in [3.8, 4) is 0 Å². The predicted molar refractivity (Wildman–Crippen MR) is 122 cm³/mol. The fourth-order valence-corrected chi connectivity index (χ4v) is 3.00. The minimum atomic E-state index is -4.29. The van der Waals surface area contributed by atoms with Crippen molar-refractivity contribution in [3.63, 3.8) is 0 Å². The van der Waals surface area contributed by atoms with Gasteiger partial charge in [-0.1, -0.05) is 42.9 Å². The van der Waals surface area contributed by atoms with Gasteiger partial charge in [-0.25, -0.2) is 9.86 Å². The molecule has 1 aromatic carbocycles. The van der Waals surface area contributed by atoms with Gasteiger partial charge in [-0.15, -0.1) is 0 Å². The number of nitrogens with two attached hydrogens (primary N) is 1. The van der Waals surface area contributed by atoms with Crippen LogP contribution in [0.15, 0.2) is 65.7 Å². The zero-order chi connectivity index (χ0) is 23.6. The second kappa shape index (κ2) is 11.7. The molecule has 9 nitrogen and oxygen atoms in total. The number of rotatable bonds is 10. The number of hydrogen-bond donors (Lipinski definition) is 5. The molecule has 0 aliphatic rings. The molecule has 0 bridgehead atoms. The monoisotopic (exact) mass is 448 g/mol. The van der Waals surface area contributed by atoms with E-state index in [1.807, 2.05) is 13.0 Å². The molecule has 10 heteroatoms. The van der Waals surface area contributed by atoms with Crippen LogP contribution < -0.4 is 15.2 Å². The van der Waals surface area contributed by atoms with Gasteiger partial charge in [0.1, 0.15) is 6.04 Å².